The van der Waals surface area contributed by atoms with E-state index in [9.17, 15) is 4.79 Å². The highest BCUT2D eigenvalue weighted by atomic mass is 16.5. The Morgan fingerprint density at radius 2 is 1.83 bits per heavy atom. The van der Waals surface area contributed by atoms with Gasteiger partial charge in [-0.2, -0.15) is 10.4 Å². The van der Waals surface area contributed by atoms with E-state index in [2.05, 4.69) is 11.2 Å². The minimum Gasteiger partial charge on any atom is -0.484 e. The molecule has 0 aliphatic heterocycles. The van der Waals surface area contributed by atoms with Crippen molar-refractivity contribution in [2.24, 2.45) is 0 Å². The standard InChI is InChI=1S/C23H24N4O2/c1-17-22(18(2)27(25-17)20-7-5-4-6-8-20)15-26(3)23(28)16-29-21-11-9-19(10-12-21)13-14-24/h4-12H,13,15-16H2,1-3H3. The summed E-state index contributed by atoms with van der Waals surface area (Å²) in [6.45, 7) is 4.39. The van der Waals surface area contributed by atoms with E-state index in [1.807, 2.05) is 61.0 Å². The minimum atomic E-state index is -0.114. The van der Waals surface area contributed by atoms with Gasteiger partial charge in [0.15, 0.2) is 6.61 Å². The lowest BCUT2D eigenvalue weighted by Crippen LogP contribution is -2.31. The van der Waals surface area contributed by atoms with Crippen molar-refractivity contribution in [3.8, 4) is 17.5 Å². The number of aromatic nitrogens is 2. The molecule has 6 nitrogen and oxygen atoms in total. The lowest BCUT2D eigenvalue weighted by atomic mass is 10.2. The quantitative estimate of drug-likeness (QED) is 0.620. The Bertz CT molecular complexity index is 1020. The zero-order valence-electron chi connectivity index (χ0n) is 16.9. The van der Waals surface area contributed by atoms with E-state index in [0.717, 1.165) is 28.2 Å². The number of benzene rings is 2. The Kier molecular flexibility index (Phi) is 6.30. The van der Waals surface area contributed by atoms with E-state index < -0.39 is 0 Å². The van der Waals surface area contributed by atoms with Gasteiger partial charge in [-0.3, -0.25) is 4.79 Å². The number of likely N-dealkylation sites (N-methyl/N-ethyl adjacent to an activating group) is 1. The van der Waals surface area contributed by atoms with E-state index >= 15 is 0 Å². The van der Waals surface area contributed by atoms with Gasteiger partial charge < -0.3 is 9.64 Å². The predicted octanol–water partition coefficient (Wildman–Crippen LogP) is 3.59. The van der Waals surface area contributed by atoms with Gasteiger partial charge in [-0.25, -0.2) is 4.68 Å². The Morgan fingerprint density at radius 3 is 2.48 bits per heavy atom. The summed E-state index contributed by atoms with van der Waals surface area (Å²) in [5.41, 5.74) is 4.87. The molecule has 6 heteroatoms. The van der Waals surface area contributed by atoms with Crippen molar-refractivity contribution >= 4 is 5.91 Å². The molecule has 0 saturated heterocycles. The molecule has 3 aromatic rings. The van der Waals surface area contributed by atoms with Gasteiger partial charge in [0.25, 0.3) is 5.91 Å². The molecule has 29 heavy (non-hydrogen) atoms. The number of aryl methyl sites for hydroxylation is 1. The molecule has 0 aliphatic carbocycles. The van der Waals surface area contributed by atoms with Gasteiger partial charge in [0.1, 0.15) is 5.75 Å². The molecule has 0 N–H and O–H groups in total. The molecule has 1 amide bonds. The number of hydrogen-bond donors (Lipinski definition) is 0. The van der Waals surface area contributed by atoms with E-state index in [4.69, 9.17) is 10.00 Å². The molecular weight excluding hydrogens is 364 g/mol. The fraction of sp³-hybridized carbons (Fsp3) is 0.261. The van der Waals surface area contributed by atoms with Crippen LogP contribution in [0.5, 0.6) is 5.75 Å². The maximum absolute atomic E-state index is 12.5. The fourth-order valence-electron chi connectivity index (χ4n) is 3.10. The van der Waals surface area contributed by atoms with Crippen LogP contribution in [0.3, 0.4) is 0 Å². The van der Waals surface area contributed by atoms with E-state index in [-0.39, 0.29) is 12.5 Å². The second-order valence-corrected chi connectivity index (χ2v) is 6.91. The lowest BCUT2D eigenvalue weighted by Gasteiger charge is -2.18. The Morgan fingerprint density at radius 1 is 1.14 bits per heavy atom. The van der Waals surface area contributed by atoms with Crippen LogP contribution in [0.1, 0.15) is 22.5 Å². The Hall–Kier alpha value is -3.59. The summed E-state index contributed by atoms with van der Waals surface area (Å²) in [7, 11) is 1.76. The van der Waals surface area contributed by atoms with Crippen LogP contribution in [-0.2, 0) is 17.8 Å². The monoisotopic (exact) mass is 388 g/mol. The van der Waals surface area contributed by atoms with Crippen LogP contribution in [0, 0.1) is 25.2 Å². The molecule has 1 aromatic heterocycles. The van der Waals surface area contributed by atoms with Gasteiger partial charge in [0.2, 0.25) is 0 Å². The summed E-state index contributed by atoms with van der Waals surface area (Å²) in [6.07, 6.45) is 0.358. The third-order valence-corrected chi connectivity index (χ3v) is 4.83. The molecule has 148 valence electrons. The number of carbonyl (C=O) groups excluding carboxylic acids is 1. The number of amides is 1. The fourth-order valence-corrected chi connectivity index (χ4v) is 3.10. The van der Waals surface area contributed by atoms with Crippen molar-refractivity contribution < 1.29 is 9.53 Å². The largest absolute Gasteiger partial charge is 0.484 e. The van der Waals surface area contributed by atoms with Crippen LogP contribution in [0.15, 0.2) is 54.6 Å². The van der Waals surface area contributed by atoms with E-state index in [1.165, 1.54) is 0 Å². The summed E-state index contributed by atoms with van der Waals surface area (Å²) < 4.78 is 7.50. The van der Waals surface area contributed by atoms with Crippen LogP contribution in [0.2, 0.25) is 0 Å². The van der Waals surface area contributed by atoms with Crippen LogP contribution in [0.4, 0.5) is 0 Å². The van der Waals surface area contributed by atoms with E-state index in [0.29, 0.717) is 18.7 Å². The molecule has 3 rings (SSSR count). The van der Waals surface area contributed by atoms with E-state index in [1.54, 1.807) is 24.1 Å². The van der Waals surface area contributed by atoms with Crippen LogP contribution in [0.25, 0.3) is 5.69 Å². The number of nitriles is 1. The first kappa shape index (κ1) is 20.2. The van der Waals surface area contributed by atoms with Crippen molar-refractivity contribution in [2.45, 2.75) is 26.8 Å². The average Bonchev–Trinajstić information content (AvgIpc) is 3.02. The molecule has 0 fully saturated rings. The van der Waals surface area contributed by atoms with Crippen LogP contribution in [-0.4, -0.2) is 34.2 Å². The third-order valence-electron chi connectivity index (χ3n) is 4.83. The Labute approximate surface area is 170 Å². The second-order valence-electron chi connectivity index (χ2n) is 6.91. The van der Waals surface area contributed by atoms with Gasteiger partial charge in [-0.1, -0.05) is 30.3 Å². The van der Waals surface area contributed by atoms with Gasteiger partial charge >= 0.3 is 0 Å². The summed E-state index contributed by atoms with van der Waals surface area (Å²) in [4.78, 5) is 14.2. The molecule has 0 aliphatic rings. The molecule has 0 atom stereocenters. The lowest BCUT2D eigenvalue weighted by molar-refractivity contribution is -0.132. The topological polar surface area (TPSA) is 71.2 Å². The molecule has 0 bridgehead atoms. The maximum atomic E-state index is 12.5. The second kappa shape index (κ2) is 9.07. The first-order valence-corrected chi connectivity index (χ1v) is 9.42. The Balaban J connectivity index is 1.62. The number of carbonyl (C=O) groups is 1. The highest BCUT2D eigenvalue weighted by Gasteiger charge is 2.17. The molecule has 1 heterocycles. The summed E-state index contributed by atoms with van der Waals surface area (Å²) in [5.74, 6) is 0.495. The first-order valence-electron chi connectivity index (χ1n) is 9.42. The molecule has 0 radical (unpaired) electrons. The zero-order chi connectivity index (χ0) is 20.8. The van der Waals surface area contributed by atoms with Gasteiger partial charge in [0.05, 0.1) is 23.9 Å². The highest BCUT2D eigenvalue weighted by Crippen LogP contribution is 2.19. The van der Waals surface area contributed by atoms with Crippen molar-refractivity contribution in [1.29, 1.82) is 5.26 Å². The summed E-state index contributed by atoms with van der Waals surface area (Å²) in [6, 6.07) is 19.3. The first-order chi connectivity index (χ1) is 14.0. The van der Waals surface area contributed by atoms with Gasteiger partial charge in [-0.15, -0.1) is 0 Å². The SMILES string of the molecule is Cc1nn(-c2ccccc2)c(C)c1CN(C)C(=O)COc1ccc(CC#N)cc1. The third kappa shape index (κ3) is 4.82. The average molecular weight is 388 g/mol. The maximum Gasteiger partial charge on any atom is 0.260 e. The van der Waals surface area contributed by atoms with Crippen molar-refractivity contribution in [1.82, 2.24) is 14.7 Å². The van der Waals surface area contributed by atoms with Crippen molar-refractivity contribution in [2.75, 3.05) is 13.7 Å². The van der Waals surface area contributed by atoms with Gasteiger partial charge in [0, 0.05) is 24.8 Å². The van der Waals surface area contributed by atoms with Crippen molar-refractivity contribution in [3.05, 3.63) is 77.1 Å². The molecule has 2 aromatic carbocycles. The number of ether oxygens (including phenoxy) is 1. The number of hydrogen-bond acceptors (Lipinski definition) is 4. The molecule has 0 spiro atoms. The minimum absolute atomic E-state index is 0.0426. The zero-order valence-corrected chi connectivity index (χ0v) is 16.9. The molecule has 0 unspecified atom stereocenters. The van der Waals surface area contributed by atoms with Crippen LogP contribution < -0.4 is 4.74 Å². The van der Waals surface area contributed by atoms with Gasteiger partial charge in [-0.05, 0) is 43.7 Å². The number of rotatable bonds is 7. The van der Waals surface area contributed by atoms with Crippen molar-refractivity contribution in [3.63, 3.8) is 0 Å². The smallest absolute Gasteiger partial charge is 0.260 e. The van der Waals surface area contributed by atoms with Crippen LogP contribution >= 0.6 is 0 Å². The number of nitrogens with zero attached hydrogens (tertiary/aromatic N) is 4. The molecule has 0 saturated carbocycles. The highest BCUT2D eigenvalue weighted by molar-refractivity contribution is 5.77. The molecular formula is C23H24N4O2. The summed E-state index contributed by atoms with van der Waals surface area (Å²) in [5, 5.41) is 13.3. The summed E-state index contributed by atoms with van der Waals surface area (Å²) >= 11 is 0. The number of para-hydroxylation sites is 1. The normalized spacial score (nSPS) is 10.4. The predicted molar refractivity (Wildman–Crippen MR) is 111 cm³/mol.